The van der Waals surface area contributed by atoms with Crippen molar-refractivity contribution < 1.29 is 39.9 Å². The molecule has 0 aromatic carbocycles. The predicted molar refractivity (Wildman–Crippen MR) is 111 cm³/mol. The average Bonchev–Trinajstić information content (AvgIpc) is 2.71. The number of hydrogen-bond donors (Lipinski definition) is 10. The lowest BCUT2D eigenvalue weighted by atomic mass is 9.96. The zero-order chi connectivity index (χ0) is 24.2. The molecule has 0 heterocycles. The number of aliphatic hydroxyl groups is 2. The first-order valence-corrected chi connectivity index (χ1v) is 10.1. The highest BCUT2D eigenvalue weighted by Crippen LogP contribution is 2.17. The fourth-order valence-corrected chi connectivity index (χ4v) is 2.99. The molecule has 0 aliphatic heterocycles. The number of carboxylic acids is 3. The molecule has 0 saturated heterocycles. The van der Waals surface area contributed by atoms with E-state index < -0.39 is 53.9 Å². The van der Waals surface area contributed by atoms with Gasteiger partial charge in [-0.2, -0.15) is 0 Å². The molecule has 13 heteroatoms. The molecule has 0 amide bonds. The van der Waals surface area contributed by atoms with Crippen LogP contribution in [0.15, 0.2) is 0 Å². The first-order chi connectivity index (χ1) is 14.3. The van der Waals surface area contributed by atoms with Crippen molar-refractivity contribution in [1.29, 1.82) is 0 Å². The monoisotopic (exact) mass is 451 g/mol. The van der Waals surface area contributed by atoms with Gasteiger partial charge in [0.05, 0.1) is 17.9 Å². The van der Waals surface area contributed by atoms with E-state index in [9.17, 15) is 34.8 Å². The van der Waals surface area contributed by atoms with Crippen LogP contribution < -0.4 is 27.8 Å². The fourth-order valence-electron chi connectivity index (χ4n) is 2.99. The zero-order valence-electron chi connectivity index (χ0n) is 17.7. The van der Waals surface area contributed by atoms with E-state index in [0.717, 1.165) is 0 Å². The van der Waals surface area contributed by atoms with Crippen molar-refractivity contribution in [3.63, 3.8) is 0 Å². The molecule has 0 saturated carbocycles. The summed E-state index contributed by atoms with van der Waals surface area (Å²) in [5, 5.41) is 53.1. The van der Waals surface area contributed by atoms with E-state index in [1.54, 1.807) is 0 Å². The van der Waals surface area contributed by atoms with Crippen LogP contribution in [0.2, 0.25) is 0 Å². The molecule has 31 heavy (non-hydrogen) atoms. The van der Waals surface area contributed by atoms with Crippen LogP contribution in [0.5, 0.6) is 0 Å². The average molecular weight is 452 g/mol. The predicted octanol–water partition coefficient (Wildman–Crippen LogP) is -2.82. The molecular formula is C18H37N5O8. The van der Waals surface area contributed by atoms with E-state index in [4.69, 9.17) is 22.3 Å². The second-order valence-electron chi connectivity index (χ2n) is 7.82. The molecule has 0 rings (SSSR count). The third-order valence-electron chi connectivity index (χ3n) is 4.98. The molecule has 13 nitrogen and oxygen atoms in total. The topological polar surface area (TPSA) is 254 Å². The Balaban J connectivity index is 5.54. The number of carboxylic acid groups (broad SMARTS) is 3. The van der Waals surface area contributed by atoms with Crippen molar-refractivity contribution in [2.45, 2.75) is 81.4 Å². The fraction of sp³-hybridized carbons (Fsp3) is 0.833. The quantitative estimate of drug-likeness (QED) is 0.0944. The van der Waals surface area contributed by atoms with Gasteiger partial charge in [-0.05, 0) is 45.4 Å². The van der Waals surface area contributed by atoms with Gasteiger partial charge in [0.15, 0.2) is 0 Å². The number of aliphatic carboxylic acids is 3. The number of aliphatic hydroxyl groups excluding tert-OH is 2. The summed E-state index contributed by atoms with van der Waals surface area (Å²) in [5.41, 5.74) is 14.9. The molecule has 182 valence electrons. The molecule has 0 aromatic heterocycles. The molecule has 0 bridgehead atoms. The minimum atomic E-state index is -1.33. The van der Waals surface area contributed by atoms with Gasteiger partial charge in [0, 0.05) is 13.1 Å². The van der Waals surface area contributed by atoms with Crippen LogP contribution in [0, 0.1) is 0 Å². The van der Waals surface area contributed by atoms with Crippen LogP contribution in [0.3, 0.4) is 0 Å². The second-order valence-corrected chi connectivity index (χ2v) is 7.82. The van der Waals surface area contributed by atoms with E-state index in [1.165, 1.54) is 6.92 Å². The van der Waals surface area contributed by atoms with Crippen molar-refractivity contribution in [2.24, 2.45) is 17.2 Å². The Bertz CT molecular complexity index is 545. The minimum absolute atomic E-state index is 0.000417. The molecule has 13 N–H and O–H groups in total. The molecule has 0 spiro atoms. The first kappa shape index (κ1) is 29.1. The van der Waals surface area contributed by atoms with E-state index in [-0.39, 0.29) is 51.6 Å². The lowest BCUT2D eigenvalue weighted by molar-refractivity contribution is -0.142. The Labute approximate surface area is 181 Å². The number of hydrogen-bond acceptors (Lipinski definition) is 10. The van der Waals surface area contributed by atoms with E-state index >= 15 is 0 Å². The van der Waals surface area contributed by atoms with Crippen LogP contribution in [-0.4, -0.2) is 92.5 Å². The number of rotatable bonds is 18. The van der Waals surface area contributed by atoms with Gasteiger partial charge >= 0.3 is 17.9 Å². The first-order valence-electron chi connectivity index (χ1n) is 10.1. The maximum atomic E-state index is 11.7. The largest absolute Gasteiger partial charge is 0.480 e. The molecule has 0 aliphatic rings. The SMILES string of the molecule is CC(CC[C@H](N)C(=O)O)(N[C@@H](CC[C@@H](O)CN)C(=O)O)N[C@@H](CC[C@@H](O)CN)C(=O)O. The van der Waals surface area contributed by atoms with Gasteiger partial charge in [0.1, 0.15) is 18.1 Å². The number of nitrogens with two attached hydrogens (primary N) is 3. The summed E-state index contributed by atoms with van der Waals surface area (Å²) in [7, 11) is 0. The van der Waals surface area contributed by atoms with Crippen LogP contribution in [0.25, 0.3) is 0 Å². The van der Waals surface area contributed by atoms with Crippen molar-refractivity contribution in [3.8, 4) is 0 Å². The van der Waals surface area contributed by atoms with Gasteiger partial charge in [0.2, 0.25) is 0 Å². The van der Waals surface area contributed by atoms with Gasteiger partial charge < -0.3 is 42.7 Å². The van der Waals surface area contributed by atoms with Crippen LogP contribution in [0.1, 0.15) is 45.4 Å². The molecule has 0 aliphatic carbocycles. The highest BCUT2D eigenvalue weighted by molar-refractivity contribution is 5.74. The van der Waals surface area contributed by atoms with Gasteiger partial charge in [-0.1, -0.05) is 0 Å². The van der Waals surface area contributed by atoms with E-state index in [0.29, 0.717) is 0 Å². The Kier molecular flexibility index (Phi) is 13.4. The molecule has 5 atom stereocenters. The normalized spacial score (nSPS) is 16.8. The maximum absolute atomic E-state index is 11.7. The third kappa shape index (κ3) is 11.9. The molecule has 0 unspecified atom stereocenters. The smallest absolute Gasteiger partial charge is 0.320 e. The highest BCUT2D eigenvalue weighted by Gasteiger charge is 2.35. The summed E-state index contributed by atoms with van der Waals surface area (Å²) in [4.78, 5) is 34.5. The van der Waals surface area contributed by atoms with E-state index in [1.807, 2.05) is 0 Å². The summed E-state index contributed by atoms with van der Waals surface area (Å²) in [6.45, 7) is 1.42. The number of nitrogens with one attached hydrogen (secondary N) is 2. The lowest BCUT2D eigenvalue weighted by Gasteiger charge is -2.38. The highest BCUT2D eigenvalue weighted by atomic mass is 16.4. The van der Waals surface area contributed by atoms with Crippen molar-refractivity contribution >= 4 is 17.9 Å². The minimum Gasteiger partial charge on any atom is -0.480 e. The Hall–Kier alpha value is -1.87. The zero-order valence-corrected chi connectivity index (χ0v) is 17.7. The van der Waals surface area contributed by atoms with Gasteiger partial charge in [-0.15, -0.1) is 0 Å². The number of carbonyl (C=O) groups is 3. The molecule has 0 fully saturated rings. The summed E-state index contributed by atoms with van der Waals surface area (Å²) in [6, 6.07) is -3.58. The summed E-state index contributed by atoms with van der Waals surface area (Å²) >= 11 is 0. The van der Waals surface area contributed by atoms with E-state index in [2.05, 4.69) is 10.6 Å². The van der Waals surface area contributed by atoms with Crippen LogP contribution in [0.4, 0.5) is 0 Å². The van der Waals surface area contributed by atoms with Crippen LogP contribution >= 0.6 is 0 Å². The molecule has 0 aromatic rings. The Morgan fingerprint density at radius 2 is 1.16 bits per heavy atom. The Morgan fingerprint density at radius 3 is 1.45 bits per heavy atom. The van der Waals surface area contributed by atoms with Gasteiger partial charge in [-0.3, -0.25) is 25.0 Å². The molecular weight excluding hydrogens is 414 g/mol. The van der Waals surface area contributed by atoms with Gasteiger partial charge in [-0.25, -0.2) is 0 Å². The maximum Gasteiger partial charge on any atom is 0.320 e. The van der Waals surface area contributed by atoms with Crippen molar-refractivity contribution in [2.75, 3.05) is 13.1 Å². The summed E-state index contributed by atoms with van der Waals surface area (Å²) in [6.07, 6.45) is -1.68. The summed E-state index contributed by atoms with van der Waals surface area (Å²) < 4.78 is 0. The van der Waals surface area contributed by atoms with Crippen molar-refractivity contribution in [3.05, 3.63) is 0 Å². The third-order valence-corrected chi connectivity index (χ3v) is 4.98. The Morgan fingerprint density at radius 1 is 0.774 bits per heavy atom. The standard InChI is InChI=1S/C18H37N5O8/c1-18(7-6-12(21)15(26)27,22-13(16(28)29)4-2-10(24)8-19)23-14(17(30)31)5-3-11(25)9-20/h10-14,22-25H,2-9,19-21H2,1H3,(H,26,27)(H,28,29)(H,30,31)/t10-,11-,12+,13+,14+/m1/s1. The van der Waals surface area contributed by atoms with Crippen LogP contribution in [-0.2, 0) is 14.4 Å². The summed E-state index contributed by atoms with van der Waals surface area (Å²) in [5.74, 6) is -3.71. The lowest BCUT2D eigenvalue weighted by Crippen LogP contribution is -2.64. The van der Waals surface area contributed by atoms with Crippen molar-refractivity contribution in [1.82, 2.24) is 10.6 Å². The molecule has 0 radical (unpaired) electrons. The second kappa shape index (κ2) is 14.2. The van der Waals surface area contributed by atoms with Gasteiger partial charge in [0.25, 0.3) is 0 Å².